The summed E-state index contributed by atoms with van der Waals surface area (Å²) in [6, 6.07) is 5.60. The Morgan fingerprint density at radius 3 is 2.59 bits per heavy atom. The normalized spacial score (nSPS) is 21.6. The molecule has 5 nitrogen and oxygen atoms in total. The van der Waals surface area contributed by atoms with E-state index in [2.05, 4.69) is 5.32 Å². The first kappa shape index (κ1) is 16.4. The van der Waals surface area contributed by atoms with E-state index in [1.807, 2.05) is 12.1 Å². The van der Waals surface area contributed by atoms with Crippen molar-refractivity contribution < 1.29 is 19.4 Å². The summed E-state index contributed by atoms with van der Waals surface area (Å²) in [4.78, 5) is 12.0. The molecule has 1 fully saturated rings. The molecule has 1 aliphatic rings. The van der Waals surface area contributed by atoms with Crippen molar-refractivity contribution in [2.75, 3.05) is 14.2 Å². The lowest BCUT2D eigenvalue weighted by Gasteiger charge is -2.25. The molecule has 1 aliphatic carbocycles. The second kappa shape index (κ2) is 7.84. The summed E-state index contributed by atoms with van der Waals surface area (Å²) in [6.45, 7) is 0. The number of carbonyl (C=O) groups is 1. The van der Waals surface area contributed by atoms with Crippen molar-refractivity contribution in [3.05, 3.63) is 29.8 Å². The lowest BCUT2D eigenvalue weighted by Crippen LogP contribution is -2.37. The number of benzene rings is 1. The number of aliphatic hydroxyl groups is 1. The Morgan fingerprint density at radius 1 is 1.23 bits per heavy atom. The maximum Gasteiger partial charge on any atom is 0.244 e. The van der Waals surface area contributed by atoms with Crippen LogP contribution in [0.15, 0.2) is 24.3 Å². The van der Waals surface area contributed by atoms with Crippen molar-refractivity contribution in [2.45, 2.75) is 37.8 Å². The first-order valence-corrected chi connectivity index (χ1v) is 7.51. The Kier molecular flexibility index (Phi) is 5.83. The molecular weight excluding hydrogens is 282 g/mol. The van der Waals surface area contributed by atoms with Gasteiger partial charge in [-0.1, -0.05) is 0 Å². The molecule has 0 unspecified atom stereocenters. The van der Waals surface area contributed by atoms with E-state index < -0.39 is 0 Å². The minimum atomic E-state index is -0.216. The van der Waals surface area contributed by atoms with E-state index in [1.165, 1.54) is 6.08 Å². The second-order valence-corrected chi connectivity index (χ2v) is 5.46. The molecule has 0 saturated heterocycles. The largest absolute Gasteiger partial charge is 0.497 e. The summed E-state index contributed by atoms with van der Waals surface area (Å²) in [6.07, 6.45) is 6.18. The quantitative estimate of drug-likeness (QED) is 0.818. The van der Waals surface area contributed by atoms with Crippen molar-refractivity contribution in [3.63, 3.8) is 0 Å². The van der Waals surface area contributed by atoms with Crippen molar-refractivity contribution in [1.29, 1.82) is 0 Å². The third-order valence-corrected chi connectivity index (χ3v) is 3.90. The van der Waals surface area contributed by atoms with Crippen LogP contribution in [0.3, 0.4) is 0 Å². The summed E-state index contributed by atoms with van der Waals surface area (Å²) in [5, 5.41) is 12.4. The molecule has 22 heavy (non-hydrogen) atoms. The van der Waals surface area contributed by atoms with Gasteiger partial charge in [-0.2, -0.15) is 0 Å². The van der Waals surface area contributed by atoms with Crippen LogP contribution in [0.5, 0.6) is 11.5 Å². The fourth-order valence-electron chi connectivity index (χ4n) is 2.59. The highest BCUT2D eigenvalue weighted by Crippen LogP contribution is 2.25. The number of hydrogen-bond donors (Lipinski definition) is 2. The van der Waals surface area contributed by atoms with E-state index in [9.17, 15) is 9.90 Å². The maximum absolute atomic E-state index is 12.0. The number of rotatable bonds is 5. The zero-order valence-electron chi connectivity index (χ0n) is 13.0. The van der Waals surface area contributed by atoms with Gasteiger partial charge in [0.25, 0.3) is 0 Å². The van der Waals surface area contributed by atoms with Gasteiger partial charge in [-0.25, -0.2) is 0 Å². The zero-order chi connectivity index (χ0) is 15.9. The molecular formula is C17H23NO4. The Morgan fingerprint density at radius 2 is 1.95 bits per heavy atom. The molecule has 0 heterocycles. The van der Waals surface area contributed by atoms with Gasteiger partial charge >= 0.3 is 0 Å². The zero-order valence-corrected chi connectivity index (χ0v) is 13.0. The minimum Gasteiger partial charge on any atom is -0.497 e. The van der Waals surface area contributed by atoms with Gasteiger partial charge in [0.15, 0.2) is 0 Å². The van der Waals surface area contributed by atoms with Gasteiger partial charge in [0.2, 0.25) is 5.91 Å². The molecule has 2 rings (SSSR count). The van der Waals surface area contributed by atoms with Gasteiger partial charge in [-0.3, -0.25) is 4.79 Å². The monoisotopic (exact) mass is 305 g/mol. The molecule has 1 amide bonds. The van der Waals surface area contributed by atoms with Gasteiger partial charge in [0.05, 0.1) is 20.3 Å². The van der Waals surface area contributed by atoms with Crippen molar-refractivity contribution in [3.8, 4) is 11.5 Å². The molecule has 0 bridgehead atoms. The predicted molar refractivity (Wildman–Crippen MR) is 85.0 cm³/mol. The highest BCUT2D eigenvalue weighted by atomic mass is 16.5. The molecule has 1 aromatic carbocycles. The van der Waals surface area contributed by atoms with Gasteiger partial charge in [-0.05, 0) is 43.9 Å². The van der Waals surface area contributed by atoms with Crippen LogP contribution < -0.4 is 14.8 Å². The average molecular weight is 305 g/mol. The van der Waals surface area contributed by atoms with Crippen LogP contribution in [0.2, 0.25) is 0 Å². The number of aliphatic hydroxyl groups excluding tert-OH is 1. The van der Waals surface area contributed by atoms with E-state index in [0.29, 0.717) is 11.5 Å². The standard InChI is InChI=1S/C17H23NO4/c1-21-15-9-3-12(16(11-15)22-2)4-10-17(20)18-13-5-7-14(19)8-6-13/h3-4,9-11,13-14,19H,5-8H2,1-2H3,(H,18,20). The summed E-state index contributed by atoms with van der Waals surface area (Å²) in [5.74, 6) is 1.24. The fraction of sp³-hybridized carbons (Fsp3) is 0.471. The molecule has 0 radical (unpaired) electrons. The van der Waals surface area contributed by atoms with Gasteiger partial charge in [0, 0.05) is 23.7 Å². The van der Waals surface area contributed by atoms with Crippen LogP contribution in [-0.2, 0) is 4.79 Å². The minimum absolute atomic E-state index is 0.126. The second-order valence-electron chi connectivity index (χ2n) is 5.46. The number of methoxy groups -OCH3 is 2. The van der Waals surface area contributed by atoms with Crippen molar-refractivity contribution in [2.24, 2.45) is 0 Å². The predicted octanol–water partition coefficient (Wildman–Crippen LogP) is 2.14. The highest BCUT2D eigenvalue weighted by Gasteiger charge is 2.19. The number of nitrogens with one attached hydrogen (secondary N) is 1. The number of hydrogen-bond acceptors (Lipinski definition) is 4. The summed E-state index contributed by atoms with van der Waals surface area (Å²) in [7, 11) is 3.18. The Balaban J connectivity index is 1.94. The molecule has 0 spiro atoms. The lowest BCUT2D eigenvalue weighted by atomic mass is 9.93. The first-order chi connectivity index (χ1) is 10.6. The highest BCUT2D eigenvalue weighted by molar-refractivity contribution is 5.92. The summed E-state index contributed by atoms with van der Waals surface area (Å²) >= 11 is 0. The number of carbonyl (C=O) groups excluding carboxylic acids is 1. The number of amides is 1. The fourth-order valence-corrected chi connectivity index (χ4v) is 2.59. The molecule has 1 saturated carbocycles. The molecule has 0 aliphatic heterocycles. The smallest absolute Gasteiger partial charge is 0.244 e. The first-order valence-electron chi connectivity index (χ1n) is 7.51. The maximum atomic E-state index is 12.0. The summed E-state index contributed by atoms with van der Waals surface area (Å²) < 4.78 is 10.4. The third-order valence-electron chi connectivity index (χ3n) is 3.90. The van der Waals surface area contributed by atoms with Gasteiger partial charge in [-0.15, -0.1) is 0 Å². The van der Waals surface area contributed by atoms with Gasteiger partial charge in [0.1, 0.15) is 11.5 Å². The van der Waals surface area contributed by atoms with E-state index in [0.717, 1.165) is 31.2 Å². The van der Waals surface area contributed by atoms with Crippen LogP contribution in [0, 0.1) is 0 Å². The van der Waals surface area contributed by atoms with Crippen LogP contribution >= 0.6 is 0 Å². The van der Waals surface area contributed by atoms with Crippen molar-refractivity contribution in [1.82, 2.24) is 5.32 Å². The third kappa shape index (κ3) is 4.49. The Labute approximate surface area is 130 Å². The van der Waals surface area contributed by atoms with E-state index >= 15 is 0 Å². The molecule has 0 atom stereocenters. The topological polar surface area (TPSA) is 67.8 Å². The van der Waals surface area contributed by atoms with E-state index in [1.54, 1.807) is 26.4 Å². The molecule has 0 aromatic heterocycles. The average Bonchev–Trinajstić information content (AvgIpc) is 2.55. The molecule has 5 heteroatoms. The SMILES string of the molecule is COc1ccc(C=CC(=O)NC2CCC(O)CC2)c(OC)c1. The van der Waals surface area contributed by atoms with Gasteiger partial charge < -0.3 is 19.9 Å². The molecule has 1 aromatic rings. The molecule has 2 N–H and O–H groups in total. The van der Waals surface area contributed by atoms with Crippen LogP contribution in [0.1, 0.15) is 31.2 Å². The Bertz CT molecular complexity index is 533. The Hall–Kier alpha value is -2.01. The lowest BCUT2D eigenvalue weighted by molar-refractivity contribution is -0.117. The van der Waals surface area contributed by atoms with Crippen molar-refractivity contribution >= 4 is 12.0 Å². The number of ether oxygens (including phenoxy) is 2. The van der Waals surface area contributed by atoms with E-state index in [4.69, 9.17) is 9.47 Å². The summed E-state index contributed by atoms with van der Waals surface area (Å²) in [5.41, 5.74) is 0.817. The molecule has 120 valence electrons. The van der Waals surface area contributed by atoms with Crippen LogP contribution in [0.4, 0.5) is 0 Å². The van der Waals surface area contributed by atoms with E-state index in [-0.39, 0.29) is 18.1 Å². The van der Waals surface area contributed by atoms with Crippen LogP contribution in [0.25, 0.3) is 6.08 Å². The van der Waals surface area contributed by atoms with Crippen LogP contribution in [-0.4, -0.2) is 37.4 Å².